The summed E-state index contributed by atoms with van der Waals surface area (Å²) >= 11 is 1.59. The Balaban J connectivity index is 0.00000156. The van der Waals surface area contributed by atoms with Crippen molar-refractivity contribution in [2.75, 3.05) is 6.26 Å². The molecule has 2 aromatic heterocycles. The molecule has 0 aliphatic carbocycles. The van der Waals surface area contributed by atoms with Crippen LogP contribution >= 0.6 is 11.8 Å². The standard InChI is InChI=1S/C15H10N4O2S.Na.H/c1-22-9-3-5-12-11(7-9)14(20)10-4-2-8(6-13(10)21-12)15-16-18-19-17-15;;/h2-7H,1H3,(H,16,17,18,19);;. The van der Waals surface area contributed by atoms with Crippen molar-refractivity contribution in [1.82, 2.24) is 20.6 Å². The zero-order valence-corrected chi connectivity index (χ0v) is 12.3. The first-order valence-corrected chi connectivity index (χ1v) is 7.77. The molecule has 23 heavy (non-hydrogen) atoms. The number of hydrogen-bond donors (Lipinski definition) is 1. The normalized spacial score (nSPS) is 10.8. The molecule has 0 radical (unpaired) electrons. The molecule has 1 N–H and O–H groups in total. The molecule has 6 nitrogen and oxygen atoms in total. The average Bonchev–Trinajstić information content (AvgIpc) is 3.09. The summed E-state index contributed by atoms with van der Waals surface area (Å²) in [6, 6.07) is 10.9. The van der Waals surface area contributed by atoms with Crippen molar-refractivity contribution < 1.29 is 4.42 Å². The number of thioether (sulfide) groups is 1. The molecule has 2 aromatic carbocycles. The molecule has 8 heteroatoms. The van der Waals surface area contributed by atoms with Gasteiger partial charge in [-0.25, -0.2) is 5.10 Å². The van der Waals surface area contributed by atoms with Crippen LogP contribution in [0.25, 0.3) is 33.3 Å². The summed E-state index contributed by atoms with van der Waals surface area (Å²) in [6.45, 7) is 0. The summed E-state index contributed by atoms with van der Waals surface area (Å²) < 4.78 is 5.87. The van der Waals surface area contributed by atoms with E-state index in [0.717, 1.165) is 10.5 Å². The monoisotopic (exact) mass is 334 g/mol. The molecule has 2 heterocycles. The van der Waals surface area contributed by atoms with E-state index in [1.54, 1.807) is 30.0 Å². The van der Waals surface area contributed by atoms with Crippen LogP contribution in [0.4, 0.5) is 0 Å². The van der Waals surface area contributed by atoms with Gasteiger partial charge in [-0.15, -0.1) is 16.9 Å². The van der Waals surface area contributed by atoms with Crippen LogP contribution in [-0.4, -0.2) is 56.4 Å². The Labute approximate surface area is 156 Å². The minimum absolute atomic E-state index is 0. The van der Waals surface area contributed by atoms with Gasteiger partial charge in [-0.1, -0.05) is 6.07 Å². The predicted octanol–water partition coefficient (Wildman–Crippen LogP) is 2.20. The first kappa shape index (κ1) is 16.2. The van der Waals surface area contributed by atoms with Crippen LogP contribution in [0.2, 0.25) is 0 Å². The van der Waals surface area contributed by atoms with E-state index in [2.05, 4.69) is 20.6 Å². The molecule has 0 saturated carbocycles. The molecule has 0 saturated heterocycles. The van der Waals surface area contributed by atoms with Crippen LogP contribution in [0, 0.1) is 0 Å². The zero-order chi connectivity index (χ0) is 15.1. The van der Waals surface area contributed by atoms with Crippen molar-refractivity contribution >= 4 is 63.3 Å². The molecule has 0 bridgehead atoms. The average molecular weight is 334 g/mol. The summed E-state index contributed by atoms with van der Waals surface area (Å²) in [5.74, 6) is 0.530. The Kier molecular flexibility index (Phi) is 4.54. The Morgan fingerprint density at radius 3 is 2.70 bits per heavy atom. The second-order valence-electron chi connectivity index (χ2n) is 4.75. The molecule has 0 amide bonds. The van der Waals surface area contributed by atoms with Gasteiger partial charge in [0.15, 0.2) is 5.82 Å². The summed E-state index contributed by atoms with van der Waals surface area (Å²) in [6.07, 6.45) is 1.97. The topological polar surface area (TPSA) is 84.7 Å². The Morgan fingerprint density at radius 2 is 1.96 bits per heavy atom. The number of aromatic nitrogens is 4. The van der Waals surface area contributed by atoms with E-state index in [-0.39, 0.29) is 35.0 Å². The molecule has 0 unspecified atom stereocenters. The van der Waals surface area contributed by atoms with Gasteiger partial charge in [0.05, 0.1) is 10.8 Å². The number of fused-ring (bicyclic) bond motifs is 2. The van der Waals surface area contributed by atoms with Crippen LogP contribution in [0.15, 0.2) is 50.5 Å². The summed E-state index contributed by atoms with van der Waals surface area (Å²) in [5.41, 5.74) is 1.82. The van der Waals surface area contributed by atoms with E-state index < -0.39 is 0 Å². The number of nitrogens with one attached hydrogen (secondary N) is 1. The van der Waals surface area contributed by atoms with Crippen molar-refractivity contribution in [3.63, 3.8) is 0 Å². The van der Waals surface area contributed by atoms with Crippen LogP contribution < -0.4 is 5.43 Å². The third-order valence-electron chi connectivity index (χ3n) is 3.50. The first-order valence-electron chi connectivity index (χ1n) is 6.55. The van der Waals surface area contributed by atoms with Crippen molar-refractivity contribution in [3.8, 4) is 11.4 Å². The van der Waals surface area contributed by atoms with Crippen molar-refractivity contribution in [3.05, 3.63) is 46.6 Å². The van der Waals surface area contributed by atoms with Crippen LogP contribution in [0.1, 0.15) is 0 Å². The maximum absolute atomic E-state index is 12.6. The third kappa shape index (κ3) is 2.81. The summed E-state index contributed by atoms with van der Waals surface area (Å²) in [7, 11) is 0. The third-order valence-corrected chi connectivity index (χ3v) is 4.22. The SMILES string of the molecule is CSc1ccc2oc3cc(-c4nnn[nH]4)ccc3c(=O)c2c1.[NaH]. The predicted molar refractivity (Wildman–Crippen MR) is 92.1 cm³/mol. The molecular weight excluding hydrogens is 323 g/mol. The zero-order valence-electron chi connectivity index (χ0n) is 11.5. The van der Waals surface area contributed by atoms with Gasteiger partial charge in [-0.2, -0.15) is 0 Å². The van der Waals surface area contributed by atoms with E-state index in [1.807, 2.05) is 24.5 Å². The number of rotatable bonds is 2. The van der Waals surface area contributed by atoms with Crippen molar-refractivity contribution in [2.24, 2.45) is 0 Å². The van der Waals surface area contributed by atoms with Crippen molar-refractivity contribution in [1.29, 1.82) is 0 Å². The molecule has 110 valence electrons. The van der Waals surface area contributed by atoms with E-state index in [0.29, 0.717) is 27.8 Å². The van der Waals surface area contributed by atoms with E-state index in [4.69, 9.17) is 4.42 Å². The summed E-state index contributed by atoms with van der Waals surface area (Å²) in [5, 5.41) is 14.8. The van der Waals surface area contributed by atoms with E-state index in [9.17, 15) is 4.79 Å². The molecule has 4 aromatic rings. The van der Waals surface area contributed by atoms with Gasteiger partial charge in [0.25, 0.3) is 0 Å². The molecule has 0 spiro atoms. The number of nitrogens with zero attached hydrogens (tertiary/aromatic N) is 3. The van der Waals surface area contributed by atoms with Crippen LogP contribution in [0.5, 0.6) is 0 Å². The number of aromatic amines is 1. The van der Waals surface area contributed by atoms with Gasteiger partial charge in [-0.3, -0.25) is 4.79 Å². The van der Waals surface area contributed by atoms with Gasteiger partial charge < -0.3 is 4.42 Å². The number of hydrogen-bond acceptors (Lipinski definition) is 6. The maximum atomic E-state index is 12.6. The minimum atomic E-state index is -0.0330. The molecule has 0 fully saturated rings. The van der Waals surface area contributed by atoms with Crippen LogP contribution in [-0.2, 0) is 0 Å². The fraction of sp³-hybridized carbons (Fsp3) is 0.0667. The summed E-state index contributed by atoms with van der Waals surface area (Å²) in [4.78, 5) is 13.7. The first-order chi connectivity index (χ1) is 10.8. The second-order valence-corrected chi connectivity index (χ2v) is 5.63. The molecular formula is C15H11N4NaO2S. The Morgan fingerprint density at radius 1 is 1.09 bits per heavy atom. The molecule has 0 atom stereocenters. The van der Waals surface area contributed by atoms with Gasteiger partial charge in [0.1, 0.15) is 11.2 Å². The van der Waals surface area contributed by atoms with Gasteiger partial charge in [-0.05, 0) is 47.0 Å². The van der Waals surface area contributed by atoms with Gasteiger partial charge >= 0.3 is 29.6 Å². The number of benzene rings is 2. The number of H-pyrrole nitrogens is 1. The number of tetrazole rings is 1. The fourth-order valence-electron chi connectivity index (χ4n) is 2.39. The second kappa shape index (κ2) is 6.45. The van der Waals surface area contributed by atoms with Gasteiger partial charge in [0, 0.05) is 10.5 Å². The Bertz CT molecular complexity index is 1050. The Hall–Kier alpha value is -1.67. The molecule has 4 rings (SSSR count). The van der Waals surface area contributed by atoms with Crippen LogP contribution in [0.3, 0.4) is 0 Å². The van der Waals surface area contributed by atoms with Gasteiger partial charge in [0.2, 0.25) is 5.43 Å². The van der Waals surface area contributed by atoms with E-state index >= 15 is 0 Å². The van der Waals surface area contributed by atoms with Crippen molar-refractivity contribution in [2.45, 2.75) is 4.90 Å². The quantitative estimate of drug-likeness (QED) is 0.344. The molecule has 0 aliphatic rings. The van der Waals surface area contributed by atoms with E-state index in [1.165, 1.54) is 0 Å². The fourth-order valence-corrected chi connectivity index (χ4v) is 2.83. The molecule has 0 aliphatic heterocycles.